The molecule has 7 rings (SSSR count). The summed E-state index contributed by atoms with van der Waals surface area (Å²) in [6.45, 7) is 0. The van der Waals surface area contributed by atoms with Crippen molar-refractivity contribution in [2.45, 2.75) is 5.41 Å². The van der Waals surface area contributed by atoms with Crippen LogP contribution in [0.5, 0.6) is 11.5 Å². The average Bonchev–Trinajstić information content (AvgIpc) is 3.16. The van der Waals surface area contributed by atoms with Crippen molar-refractivity contribution in [3.05, 3.63) is 144 Å². The standard InChI is InChI=1S/C31H20O/c1-2-11-21(12-3-1)22-14-10-18-27-30(22)23-13-4-5-15-24(23)31(27)25-16-6-8-19-28(25)32-29-20-9-7-17-26(29)31/h1-20H. The van der Waals surface area contributed by atoms with Gasteiger partial charge in [0.25, 0.3) is 0 Å². The molecule has 1 aliphatic heterocycles. The summed E-state index contributed by atoms with van der Waals surface area (Å²) < 4.78 is 6.41. The Bertz CT molecular complexity index is 1450. The number of rotatable bonds is 1. The predicted molar refractivity (Wildman–Crippen MR) is 129 cm³/mol. The second-order valence-electron chi connectivity index (χ2n) is 8.48. The Morgan fingerprint density at radius 1 is 0.406 bits per heavy atom. The van der Waals surface area contributed by atoms with E-state index in [0.717, 1.165) is 11.5 Å². The van der Waals surface area contributed by atoms with Gasteiger partial charge in [-0.1, -0.05) is 109 Å². The monoisotopic (exact) mass is 408 g/mol. The Morgan fingerprint density at radius 3 is 1.66 bits per heavy atom. The van der Waals surface area contributed by atoms with E-state index in [1.807, 2.05) is 0 Å². The molecule has 0 N–H and O–H groups in total. The van der Waals surface area contributed by atoms with Crippen molar-refractivity contribution in [3.63, 3.8) is 0 Å². The fourth-order valence-corrected chi connectivity index (χ4v) is 5.76. The van der Waals surface area contributed by atoms with Gasteiger partial charge in [-0.2, -0.15) is 0 Å². The fourth-order valence-electron chi connectivity index (χ4n) is 5.76. The topological polar surface area (TPSA) is 9.23 Å². The van der Waals surface area contributed by atoms with Gasteiger partial charge in [-0.05, 0) is 45.5 Å². The lowest BCUT2D eigenvalue weighted by Crippen LogP contribution is -2.32. The van der Waals surface area contributed by atoms with Crippen LogP contribution in [-0.2, 0) is 5.41 Å². The molecule has 2 aliphatic rings. The van der Waals surface area contributed by atoms with E-state index in [-0.39, 0.29) is 0 Å². The molecule has 1 heteroatoms. The third-order valence-corrected chi connectivity index (χ3v) is 6.96. The van der Waals surface area contributed by atoms with Gasteiger partial charge in [0.05, 0.1) is 5.41 Å². The van der Waals surface area contributed by atoms with E-state index in [0.29, 0.717) is 0 Å². The molecular weight excluding hydrogens is 388 g/mol. The van der Waals surface area contributed by atoms with Crippen LogP contribution < -0.4 is 4.74 Å². The molecule has 0 unspecified atom stereocenters. The Hall–Kier alpha value is -4.10. The van der Waals surface area contributed by atoms with Crippen LogP contribution in [0.25, 0.3) is 22.3 Å². The van der Waals surface area contributed by atoms with Crippen molar-refractivity contribution < 1.29 is 4.74 Å². The first-order valence-electron chi connectivity index (χ1n) is 11.0. The lowest BCUT2D eigenvalue weighted by atomic mass is 9.66. The zero-order valence-corrected chi connectivity index (χ0v) is 17.5. The normalized spacial score (nSPS) is 14.1. The minimum Gasteiger partial charge on any atom is -0.457 e. The van der Waals surface area contributed by atoms with E-state index in [2.05, 4.69) is 121 Å². The van der Waals surface area contributed by atoms with Gasteiger partial charge in [0.2, 0.25) is 0 Å². The van der Waals surface area contributed by atoms with Gasteiger partial charge < -0.3 is 4.74 Å². The maximum atomic E-state index is 6.41. The van der Waals surface area contributed by atoms with Crippen LogP contribution in [-0.4, -0.2) is 0 Å². The molecule has 1 aliphatic carbocycles. The molecule has 0 radical (unpaired) electrons. The number of hydrogen-bond acceptors (Lipinski definition) is 1. The highest BCUT2D eigenvalue weighted by atomic mass is 16.5. The summed E-state index contributed by atoms with van der Waals surface area (Å²) in [6, 6.07) is 43.4. The minimum absolute atomic E-state index is 0.401. The number of ether oxygens (including phenoxy) is 1. The van der Waals surface area contributed by atoms with Gasteiger partial charge in [0.15, 0.2) is 0 Å². The minimum atomic E-state index is -0.401. The number of hydrogen-bond donors (Lipinski definition) is 0. The first-order chi connectivity index (χ1) is 15.9. The smallest absolute Gasteiger partial charge is 0.132 e. The molecule has 32 heavy (non-hydrogen) atoms. The third-order valence-electron chi connectivity index (χ3n) is 6.96. The van der Waals surface area contributed by atoms with Gasteiger partial charge in [-0.15, -0.1) is 0 Å². The summed E-state index contributed by atoms with van der Waals surface area (Å²) in [5, 5.41) is 0. The molecule has 0 bridgehead atoms. The number of benzene rings is 5. The van der Waals surface area contributed by atoms with Crippen LogP contribution in [0.1, 0.15) is 22.3 Å². The molecule has 1 nitrogen and oxygen atoms in total. The summed E-state index contributed by atoms with van der Waals surface area (Å²) in [5.41, 5.74) is 9.78. The van der Waals surface area contributed by atoms with Crippen LogP contribution in [0.3, 0.4) is 0 Å². The molecule has 150 valence electrons. The van der Waals surface area contributed by atoms with E-state index >= 15 is 0 Å². The van der Waals surface area contributed by atoms with Crippen molar-refractivity contribution >= 4 is 0 Å². The van der Waals surface area contributed by atoms with Crippen LogP contribution in [0.4, 0.5) is 0 Å². The zero-order valence-electron chi connectivity index (χ0n) is 17.5. The van der Waals surface area contributed by atoms with Gasteiger partial charge in [-0.3, -0.25) is 0 Å². The quantitative estimate of drug-likeness (QED) is 0.269. The molecule has 0 atom stereocenters. The second kappa shape index (κ2) is 6.45. The molecule has 1 spiro atoms. The van der Waals surface area contributed by atoms with E-state index in [4.69, 9.17) is 4.74 Å². The third kappa shape index (κ3) is 2.13. The summed E-state index contributed by atoms with van der Waals surface area (Å²) >= 11 is 0. The second-order valence-corrected chi connectivity index (χ2v) is 8.48. The van der Waals surface area contributed by atoms with Crippen LogP contribution in [0, 0.1) is 0 Å². The molecule has 0 saturated heterocycles. The van der Waals surface area contributed by atoms with Gasteiger partial charge in [0.1, 0.15) is 11.5 Å². The van der Waals surface area contributed by atoms with Crippen molar-refractivity contribution in [2.75, 3.05) is 0 Å². The SMILES string of the molecule is c1ccc(-c2cccc3c2-c2ccccc2C32c3ccccc3Oc3ccccc32)cc1. The molecule has 0 amide bonds. The Labute approximate surface area is 187 Å². The Kier molecular flexibility index (Phi) is 3.54. The van der Waals surface area contributed by atoms with E-state index in [1.54, 1.807) is 0 Å². The maximum Gasteiger partial charge on any atom is 0.132 e. The molecule has 1 heterocycles. The van der Waals surface area contributed by atoms with Crippen LogP contribution in [0.15, 0.2) is 121 Å². The zero-order chi connectivity index (χ0) is 21.1. The highest BCUT2D eigenvalue weighted by Gasteiger charge is 2.51. The van der Waals surface area contributed by atoms with Crippen molar-refractivity contribution in [3.8, 4) is 33.8 Å². The summed E-state index contributed by atoms with van der Waals surface area (Å²) in [5.74, 6) is 1.86. The molecule has 5 aromatic carbocycles. The molecule has 0 aromatic heterocycles. The Balaban J connectivity index is 1.68. The maximum absolute atomic E-state index is 6.41. The molecule has 0 fully saturated rings. The number of para-hydroxylation sites is 2. The largest absolute Gasteiger partial charge is 0.457 e. The fraction of sp³-hybridized carbons (Fsp3) is 0.0323. The first kappa shape index (κ1) is 17.6. The van der Waals surface area contributed by atoms with Gasteiger partial charge >= 0.3 is 0 Å². The number of fused-ring (bicyclic) bond motifs is 9. The lowest BCUT2D eigenvalue weighted by Gasteiger charge is -2.39. The van der Waals surface area contributed by atoms with Crippen LogP contribution >= 0.6 is 0 Å². The van der Waals surface area contributed by atoms with Gasteiger partial charge in [-0.25, -0.2) is 0 Å². The first-order valence-corrected chi connectivity index (χ1v) is 11.0. The average molecular weight is 409 g/mol. The molecule has 5 aromatic rings. The molecular formula is C31H20O. The highest BCUT2D eigenvalue weighted by Crippen LogP contribution is 2.63. The summed E-state index contributed by atoms with van der Waals surface area (Å²) in [4.78, 5) is 0. The molecule has 0 saturated carbocycles. The highest BCUT2D eigenvalue weighted by molar-refractivity contribution is 5.96. The van der Waals surface area contributed by atoms with Crippen molar-refractivity contribution in [1.29, 1.82) is 0 Å². The van der Waals surface area contributed by atoms with E-state index in [1.165, 1.54) is 44.5 Å². The lowest BCUT2D eigenvalue weighted by molar-refractivity contribution is 0.436. The summed E-state index contributed by atoms with van der Waals surface area (Å²) in [6.07, 6.45) is 0. The van der Waals surface area contributed by atoms with E-state index in [9.17, 15) is 0 Å². The van der Waals surface area contributed by atoms with E-state index < -0.39 is 5.41 Å². The van der Waals surface area contributed by atoms with Crippen LogP contribution in [0.2, 0.25) is 0 Å². The van der Waals surface area contributed by atoms with Crippen molar-refractivity contribution in [2.24, 2.45) is 0 Å². The van der Waals surface area contributed by atoms with Crippen molar-refractivity contribution in [1.82, 2.24) is 0 Å². The van der Waals surface area contributed by atoms with Gasteiger partial charge in [0, 0.05) is 11.1 Å². The summed E-state index contributed by atoms with van der Waals surface area (Å²) in [7, 11) is 0. The Morgan fingerprint density at radius 2 is 0.938 bits per heavy atom. The predicted octanol–water partition coefficient (Wildman–Crippen LogP) is 7.82.